The van der Waals surface area contributed by atoms with Gasteiger partial charge < -0.3 is 11.1 Å². The summed E-state index contributed by atoms with van der Waals surface area (Å²) in [5.74, 6) is 0.144. The van der Waals surface area contributed by atoms with Gasteiger partial charge in [0.25, 0.3) is 0 Å². The molecule has 1 fully saturated rings. The number of carbonyl (C=O) groups excluding carboxylic acids is 1. The molecule has 1 aliphatic rings. The van der Waals surface area contributed by atoms with E-state index in [4.69, 9.17) is 5.73 Å². The topological polar surface area (TPSA) is 55.1 Å². The number of rotatable bonds is 5. The van der Waals surface area contributed by atoms with Gasteiger partial charge in [0, 0.05) is 12.1 Å². The second-order valence-electron chi connectivity index (χ2n) is 4.71. The second-order valence-corrected chi connectivity index (χ2v) is 4.71. The van der Waals surface area contributed by atoms with Gasteiger partial charge >= 0.3 is 0 Å². The van der Waals surface area contributed by atoms with E-state index in [1.165, 1.54) is 0 Å². The summed E-state index contributed by atoms with van der Waals surface area (Å²) in [5.41, 5.74) is 5.44. The lowest BCUT2D eigenvalue weighted by molar-refractivity contribution is -0.131. The lowest BCUT2D eigenvalue weighted by Crippen LogP contribution is -2.48. The molecular weight excluding hydrogens is 176 g/mol. The molecule has 3 N–H and O–H groups in total. The summed E-state index contributed by atoms with van der Waals surface area (Å²) < 4.78 is 0. The molecule has 14 heavy (non-hydrogen) atoms. The van der Waals surface area contributed by atoms with Gasteiger partial charge in [-0.3, -0.25) is 4.79 Å². The highest BCUT2D eigenvalue weighted by Crippen LogP contribution is 2.36. The molecule has 82 valence electrons. The van der Waals surface area contributed by atoms with Crippen LogP contribution in [0, 0.1) is 5.41 Å². The lowest BCUT2D eigenvalue weighted by Gasteiger charge is -2.30. The van der Waals surface area contributed by atoms with E-state index in [0.717, 1.165) is 25.7 Å². The van der Waals surface area contributed by atoms with Crippen LogP contribution in [0.3, 0.4) is 0 Å². The van der Waals surface area contributed by atoms with E-state index >= 15 is 0 Å². The monoisotopic (exact) mass is 198 g/mol. The van der Waals surface area contributed by atoms with Gasteiger partial charge in [0.05, 0.1) is 5.41 Å². The molecule has 1 rings (SSSR count). The SMILES string of the molecule is CCC(CC)(CN)C(=O)NC1(C)CC1. The van der Waals surface area contributed by atoms with E-state index in [1.807, 2.05) is 13.8 Å². The molecule has 0 aliphatic heterocycles. The minimum absolute atomic E-state index is 0.0713. The zero-order valence-corrected chi connectivity index (χ0v) is 9.52. The molecule has 0 radical (unpaired) electrons. The number of carbonyl (C=O) groups is 1. The molecule has 3 heteroatoms. The van der Waals surface area contributed by atoms with Gasteiger partial charge in [0.1, 0.15) is 0 Å². The Balaban J connectivity index is 2.63. The van der Waals surface area contributed by atoms with Crippen molar-refractivity contribution in [3.63, 3.8) is 0 Å². The summed E-state index contributed by atoms with van der Waals surface area (Å²) in [4.78, 5) is 12.0. The van der Waals surface area contributed by atoms with Gasteiger partial charge in [0.15, 0.2) is 0 Å². The van der Waals surface area contributed by atoms with Crippen LogP contribution in [0.25, 0.3) is 0 Å². The third kappa shape index (κ3) is 2.08. The minimum atomic E-state index is -0.342. The maximum atomic E-state index is 12.0. The zero-order valence-electron chi connectivity index (χ0n) is 9.52. The van der Waals surface area contributed by atoms with Gasteiger partial charge in [0.2, 0.25) is 5.91 Å². The van der Waals surface area contributed by atoms with Crippen LogP contribution in [0.1, 0.15) is 46.5 Å². The Bertz CT molecular complexity index is 209. The maximum absolute atomic E-state index is 12.0. The summed E-state index contributed by atoms with van der Waals surface area (Å²) in [6, 6.07) is 0. The molecule has 0 unspecified atom stereocenters. The van der Waals surface area contributed by atoms with Crippen LogP contribution in [0.4, 0.5) is 0 Å². The van der Waals surface area contributed by atoms with Crippen molar-refractivity contribution in [2.45, 2.75) is 52.0 Å². The molecule has 3 nitrogen and oxygen atoms in total. The van der Waals surface area contributed by atoms with Crippen LogP contribution < -0.4 is 11.1 Å². The summed E-state index contributed by atoms with van der Waals surface area (Å²) in [6.07, 6.45) is 3.85. The molecule has 1 saturated carbocycles. The molecule has 0 aromatic rings. The van der Waals surface area contributed by atoms with Crippen LogP contribution in [-0.2, 0) is 4.79 Å². The third-order valence-corrected chi connectivity index (χ3v) is 3.64. The van der Waals surface area contributed by atoms with Crippen LogP contribution in [0.2, 0.25) is 0 Å². The van der Waals surface area contributed by atoms with Gasteiger partial charge in [-0.05, 0) is 32.6 Å². The normalized spacial score (nSPS) is 19.1. The van der Waals surface area contributed by atoms with Crippen LogP contribution in [0.15, 0.2) is 0 Å². The smallest absolute Gasteiger partial charge is 0.227 e. The van der Waals surface area contributed by atoms with E-state index < -0.39 is 0 Å². The van der Waals surface area contributed by atoms with Gasteiger partial charge in [-0.1, -0.05) is 13.8 Å². The summed E-state index contributed by atoms with van der Waals surface area (Å²) in [6.45, 7) is 6.61. The lowest BCUT2D eigenvalue weighted by atomic mass is 9.81. The van der Waals surface area contributed by atoms with Gasteiger partial charge in [-0.15, -0.1) is 0 Å². The predicted molar refractivity (Wildman–Crippen MR) is 57.9 cm³/mol. The Labute approximate surface area is 86.4 Å². The molecule has 0 bridgehead atoms. The quantitative estimate of drug-likeness (QED) is 0.702. The molecule has 0 aromatic heterocycles. The summed E-state index contributed by atoms with van der Waals surface area (Å²) in [5, 5.41) is 3.10. The first-order valence-electron chi connectivity index (χ1n) is 5.54. The molecule has 0 spiro atoms. The standard InChI is InChI=1S/C11H22N2O/c1-4-11(5-2,8-12)9(14)13-10(3)6-7-10/h4-8,12H2,1-3H3,(H,13,14). The van der Waals surface area contributed by atoms with Crippen molar-refractivity contribution in [1.82, 2.24) is 5.32 Å². The predicted octanol–water partition coefficient (Wildman–Crippen LogP) is 1.42. The Kier molecular flexibility index (Phi) is 3.20. The highest BCUT2D eigenvalue weighted by Gasteiger charge is 2.43. The maximum Gasteiger partial charge on any atom is 0.227 e. The van der Waals surface area contributed by atoms with Gasteiger partial charge in [-0.25, -0.2) is 0 Å². The van der Waals surface area contributed by atoms with E-state index in [-0.39, 0.29) is 16.9 Å². The number of nitrogens with one attached hydrogen (secondary N) is 1. The summed E-state index contributed by atoms with van der Waals surface area (Å²) in [7, 11) is 0. The van der Waals surface area contributed by atoms with Crippen molar-refractivity contribution in [1.29, 1.82) is 0 Å². The first kappa shape index (κ1) is 11.5. The number of hydrogen-bond donors (Lipinski definition) is 2. The van der Waals surface area contributed by atoms with E-state index in [0.29, 0.717) is 6.54 Å². The Morgan fingerprint density at radius 1 is 1.43 bits per heavy atom. The molecule has 1 aliphatic carbocycles. The van der Waals surface area contributed by atoms with Crippen molar-refractivity contribution in [2.75, 3.05) is 6.54 Å². The van der Waals surface area contributed by atoms with Crippen LogP contribution in [-0.4, -0.2) is 18.0 Å². The van der Waals surface area contributed by atoms with Crippen molar-refractivity contribution in [3.05, 3.63) is 0 Å². The molecule has 1 amide bonds. The molecule has 0 saturated heterocycles. The third-order valence-electron chi connectivity index (χ3n) is 3.64. The average molecular weight is 198 g/mol. The highest BCUT2D eigenvalue weighted by atomic mass is 16.2. The Morgan fingerprint density at radius 2 is 1.93 bits per heavy atom. The first-order chi connectivity index (χ1) is 6.52. The minimum Gasteiger partial charge on any atom is -0.350 e. The van der Waals surface area contributed by atoms with Crippen LogP contribution >= 0.6 is 0 Å². The van der Waals surface area contributed by atoms with Crippen LogP contribution in [0.5, 0.6) is 0 Å². The molecule has 0 atom stereocenters. The fourth-order valence-corrected chi connectivity index (χ4v) is 1.67. The zero-order chi connectivity index (χ0) is 10.8. The average Bonchev–Trinajstić information content (AvgIpc) is 2.87. The molecule has 0 aromatic carbocycles. The first-order valence-corrected chi connectivity index (χ1v) is 5.54. The number of nitrogens with two attached hydrogens (primary N) is 1. The number of amides is 1. The van der Waals surface area contributed by atoms with E-state index in [9.17, 15) is 4.79 Å². The Hall–Kier alpha value is -0.570. The van der Waals surface area contributed by atoms with E-state index in [1.54, 1.807) is 0 Å². The van der Waals surface area contributed by atoms with Crippen molar-refractivity contribution in [3.8, 4) is 0 Å². The molecular formula is C11H22N2O. The van der Waals surface area contributed by atoms with Crippen molar-refractivity contribution in [2.24, 2.45) is 11.1 Å². The van der Waals surface area contributed by atoms with Crippen molar-refractivity contribution < 1.29 is 4.79 Å². The van der Waals surface area contributed by atoms with Crippen molar-refractivity contribution >= 4 is 5.91 Å². The second kappa shape index (κ2) is 3.89. The fourth-order valence-electron chi connectivity index (χ4n) is 1.67. The fraction of sp³-hybridized carbons (Fsp3) is 0.909. The van der Waals surface area contributed by atoms with Gasteiger partial charge in [-0.2, -0.15) is 0 Å². The van der Waals surface area contributed by atoms with E-state index in [2.05, 4.69) is 12.2 Å². The number of hydrogen-bond acceptors (Lipinski definition) is 2. The highest BCUT2D eigenvalue weighted by molar-refractivity contribution is 5.83. The summed E-state index contributed by atoms with van der Waals surface area (Å²) >= 11 is 0. The largest absolute Gasteiger partial charge is 0.350 e. The molecule has 0 heterocycles. The Morgan fingerprint density at radius 3 is 2.21 bits per heavy atom.